The van der Waals surface area contributed by atoms with Crippen LogP contribution in [0.5, 0.6) is 5.88 Å². The number of alkyl halides is 3. The van der Waals surface area contributed by atoms with E-state index in [1.165, 1.54) is 30.2 Å². The summed E-state index contributed by atoms with van der Waals surface area (Å²) in [5.74, 6) is -4.62. The number of ether oxygens (including phenoxy) is 1. The van der Waals surface area contributed by atoms with Crippen LogP contribution in [0.25, 0.3) is 0 Å². The van der Waals surface area contributed by atoms with Gasteiger partial charge in [0.25, 0.3) is 5.91 Å². The van der Waals surface area contributed by atoms with E-state index >= 15 is 4.39 Å². The lowest BCUT2D eigenvalue weighted by molar-refractivity contribution is -0.139. The van der Waals surface area contributed by atoms with Crippen LogP contribution in [0.4, 0.5) is 43.4 Å². The highest BCUT2D eigenvalue weighted by molar-refractivity contribution is 9.10. The summed E-state index contributed by atoms with van der Waals surface area (Å²) < 4.78 is 89.9. The van der Waals surface area contributed by atoms with E-state index in [-0.39, 0.29) is 52.0 Å². The van der Waals surface area contributed by atoms with Gasteiger partial charge < -0.3 is 15.4 Å². The summed E-state index contributed by atoms with van der Waals surface area (Å²) in [5, 5.41) is 0. The van der Waals surface area contributed by atoms with E-state index in [1.54, 1.807) is 6.92 Å². The van der Waals surface area contributed by atoms with Gasteiger partial charge in [0.15, 0.2) is 11.6 Å². The Bertz CT molecular complexity index is 1400. The fourth-order valence-corrected chi connectivity index (χ4v) is 4.68. The predicted octanol–water partition coefficient (Wildman–Crippen LogP) is 6.32. The topological polar surface area (TPSA) is 71.7 Å². The molecule has 0 fully saturated rings. The van der Waals surface area contributed by atoms with Gasteiger partial charge in [-0.3, -0.25) is 9.69 Å². The summed E-state index contributed by atoms with van der Waals surface area (Å²) in [6.45, 7) is 1.25. The summed E-state index contributed by atoms with van der Waals surface area (Å²) >= 11 is 3.25. The highest BCUT2D eigenvalue weighted by Gasteiger charge is 2.40. The number of fused-ring (bicyclic) bond motifs is 1. The molecular formula is C25H21BrF6N4O2. The molecule has 2 heterocycles. The van der Waals surface area contributed by atoms with Crippen LogP contribution in [0.3, 0.4) is 0 Å². The Morgan fingerprint density at radius 3 is 2.34 bits per heavy atom. The molecule has 4 rings (SSSR count). The molecule has 202 valence electrons. The van der Waals surface area contributed by atoms with Crippen molar-refractivity contribution < 1.29 is 35.9 Å². The fraction of sp³-hybridized carbons (Fsp3) is 0.280. The molecule has 0 saturated heterocycles. The third-order valence-electron chi connectivity index (χ3n) is 6.06. The number of pyridine rings is 1. The van der Waals surface area contributed by atoms with Crippen molar-refractivity contribution in [2.75, 3.05) is 23.6 Å². The molecule has 0 aliphatic carbocycles. The van der Waals surface area contributed by atoms with Crippen LogP contribution < -0.4 is 20.3 Å². The zero-order valence-electron chi connectivity index (χ0n) is 20.0. The normalized spacial score (nSPS) is 14.5. The second-order valence-electron chi connectivity index (χ2n) is 8.69. The predicted molar refractivity (Wildman–Crippen MR) is 132 cm³/mol. The molecule has 1 aliphatic rings. The molecular weight excluding hydrogens is 582 g/mol. The lowest BCUT2D eigenvalue weighted by Gasteiger charge is -2.39. The second-order valence-corrected chi connectivity index (χ2v) is 9.44. The Labute approximate surface area is 222 Å². The number of nitrogens with zero attached hydrogens (tertiary/aromatic N) is 3. The van der Waals surface area contributed by atoms with Crippen molar-refractivity contribution in [1.82, 2.24) is 4.98 Å². The number of anilines is 3. The molecule has 1 atom stereocenters. The zero-order valence-corrected chi connectivity index (χ0v) is 21.6. The number of amides is 1. The van der Waals surface area contributed by atoms with Crippen molar-refractivity contribution in [3.63, 3.8) is 0 Å². The SMILES string of the molecule is COc1ccc(N2CN(c3ccc(F)c(F)c3CCC(C)N)c3cc(C(F)(F)F)c(F)cc3C2=O)c(Br)n1. The van der Waals surface area contributed by atoms with Gasteiger partial charge in [-0.2, -0.15) is 13.2 Å². The van der Waals surface area contributed by atoms with Gasteiger partial charge in [-0.25, -0.2) is 18.2 Å². The van der Waals surface area contributed by atoms with Gasteiger partial charge in [0.2, 0.25) is 5.88 Å². The number of rotatable bonds is 6. The van der Waals surface area contributed by atoms with Gasteiger partial charge in [0.05, 0.1) is 29.6 Å². The molecule has 1 unspecified atom stereocenters. The number of hydrogen-bond acceptors (Lipinski definition) is 5. The molecule has 0 bridgehead atoms. The van der Waals surface area contributed by atoms with Gasteiger partial charge in [-0.15, -0.1) is 0 Å². The van der Waals surface area contributed by atoms with E-state index in [1.807, 2.05) is 0 Å². The third-order valence-corrected chi connectivity index (χ3v) is 6.64. The van der Waals surface area contributed by atoms with Gasteiger partial charge >= 0.3 is 6.18 Å². The monoisotopic (exact) mass is 602 g/mol. The summed E-state index contributed by atoms with van der Waals surface area (Å²) in [6, 6.07) is 5.56. The Kier molecular flexibility index (Phi) is 7.62. The lowest BCUT2D eigenvalue weighted by atomic mass is 9.99. The Balaban J connectivity index is 1.96. The van der Waals surface area contributed by atoms with E-state index in [2.05, 4.69) is 20.9 Å². The number of benzene rings is 2. The van der Waals surface area contributed by atoms with Crippen LogP contribution in [0, 0.1) is 17.5 Å². The number of aromatic nitrogens is 1. The molecule has 0 radical (unpaired) electrons. The molecule has 38 heavy (non-hydrogen) atoms. The van der Waals surface area contributed by atoms with E-state index in [0.29, 0.717) is 12.1 Å². The van der Waals surface area contributed by atoms with E-state index in [0.717, 1.165) is 11.0 Å². The molecule has 6 nitrogen and oxygen atoms in total. The standard InChI is InChI=1S/C25H21BrF6N4O2/c1-12(33)3-4-13-18(6-5-16(27)22(13)29)35-11-36(19-7-8-21(38-2)34-23(19)26)24(37)14-9-17(28)15(10-20(14)35)25(30,31)32/h5-10,12H,3-4,11,33H2,1-2H3. The maximum absolute atomic E-state index is 15.0. The Morgan fingerprint density at radius 1 is 1.05 bits per heavy atom. The second kappa shape index (κ2) is 10.4. The van der Waals surface area contributed by atoms with Crippen LogP contribution in [0.2, 0.25) is 0 Å². The van der Waals surface area contributed by atoms with Crippen molar-refractivity contribution in [3.05, 3.63) is 75.1 Å². The average Bonchev–Trinajstić information content (AvgIpc) is 2.84. The van der Waals surface area contributed by atoms with Crippen molar-refractivity contribution in [2.24, 2.45) is 5.73 Å². The molecule has 0 spiro atoms. The third kappa shape index (κ3) is 5.17. The smallest absolute Gasteiger partial charge is 0.419 e. The lowest BCUT2D eigenvalue weighted by Crippen LogP contribution is -2.46. The number of carbonyl (C=O) groups excluding carboxylic acids is 1. The molecule has 0 saturated carbocycles. The van der Waals surface area contributed by atoms with Crippen molar-refractivity contribution in [2.45, 2.75) is 32.0 Å². The summed E-state index contributed by atoms with van der Waals surface area (Å²) in [4.78, 5) is 19.9. The number of carbonyl (C=O) groups is 1. The first-order valence-corrected chi connectivity index (χ1v) is 12.1. The highest BCUT2D eigenvalue weighted by atomic mass is 79.9. The summed E-state index contributed by atoms with van der Waals surface area (Å²) in [6.07, 6.45) is -4.88. The maximum Gasteiger partial charge on any atom is 0.419 e. The number of methoxy groups -OCH3 is 1. The van der Waals surface area contributed by atoms with Crippen molar-refractivity contribution >= 4 is 38.9 Å². The maximum atomic E-state index is 15.0. The zero-order chi connectivity index (χ0) is 27.9. The molecule has 1 aliphatic heterocycles. The summed E-state index contributed by atoms with van der Waals surface area (Å²) in [5.41, 5.74) is 3.52. The van der Waals surface area contributed by atoms with Crippen molar-refractivity contribution in [1.29, 1.82) is 0 Å². The molecule has 13 heteroatoms. The molecule has 2 N–H and O–H groups in total. The summed E-state index contributed by atoms with van der Waals surface area (Å²) in [7, 11) is 1.38. The van der Waals surface area contributed by atoms with E-state index < -0.39 is 47.3 Å². The van der Waals surface area contributed by atoms with Gasteiger partial charge in [0, 0.05) is 23.4 Å². The van der Waals surface area contributed by atoms with E-state index in [4.69, 9.17) is 10.5 Å². The molecule has 1 amide bonds. The number of nitrogens with two attached hydrogens (primary N) is 1. The number of halogens is 7. The van der Waals surface area contributed by atoms with Gasteiger partial charge in [-0.1, -0.05) is 0 Å². The molecule has 3 aromatic rings. The fourth-order valence-electron chi connectivity index (χ4n) is 4.16. The molecule has 1 aromatic heterocycles. The quantitative estimate of drug-likeness (QED) is 0.264. The van der Waals surface area contributed by atoms with Crippen LogP contribution >= 0.6 is 15.9 Å². The Morgan fingerprint density at radius 2 is 1.74 bits per heavy atom. The largest absolute Gasteiger partial charge is 0.481 e. The average molecular weight is 603 g/mol. The minimum absolute atomic E-state index is 0.000580. The van der Waals surface area contributed by atoms with Gasteiger partial charge in [0.1, 0.15) is 17.1 Å². The minimum Gasteiger partial charge on any atom is -0.481 e. The Hall–Kier alpha value is -3.32. The van der Waals surface area contributed by atoms with Crippen LogP contribution in [-0.4, -0.2) is 30.7 Å². The molecule has 2 aromatic carbocycles. The van der Waals surface area contributed by atoms with Crippen LogP contribution in [0.1, 0.15) is 34.8 Å². The number of hydrogen-bond donors (Lipinski definition) is 1. The first kappa shape index (κ1) is 27.7. The first-order chi connectivity index (χ1) is 17.8. The highest BCUT2D eigenvalue weighted by Crippen LogP contribution is 2.43. The first-order valence-electron chi connectivity index (χ1n) is 11.3. The van der Waals surface area contributed by atoms with E-state index in [9.17, 15) is 26.7 Å². The van der Waals surface area contributed by atoms with Crippen LogP contribution in [-0.2, 0) is 12.6 Å². The minimum atomic E-state index is -5.07. The van der Waals surface area contributed by atoms with Crippen molar-refractivity contribution in [3.8, 4) is 5.88 Å². The van der Waals surface area contributed by atoms with Crippen LogP contribution in [0.15, 0.2) is 41.0 Å². The van der Waals surface area contributed by atoms with Gasteiger partial charge in [-0.05, 0) is 66.0 Å².